The highest BCUT2D eigenvalue weighted by molar-refractivity contribution is 7.89. The van der Waals surface area contributed by atoms with E-state index in [1.807, 2.05) is 0 Å². The standard InChI is InChI=1S/C12H15FN2O4S/c13-8-5-9(7-10(6-8)20(14,17)18)15-12(16)11-3-1-2-4-19-11/h5-7,11H,1-4H2,(H,15,16)(H2,14,17,18). The van der Waals surface area contributed by atoms with Gasteiger partial charge in [0, 0.05) is 12.3 Å². The first-order valence-corrected chi connectivity index (χ1v) is 7.67. The number of ether oxygens (including phenoxy) is 1. The van der Waals surface area contributed by atoms with Crippen LogP contribution in [0.15, 0.2) is 23.1 Å². The molecule has 1 aliphatic rings. The zero-order valence-corrected chi connectivity index (χ0v) is 11.5. The van der Waals surface area contributed by atoms with Gasteiger partial charge in [-0.2, -0.15) is 0 Å². The first-order chi connectivity index (χ1) is 9.36. The molecule has 0 saturated carbocycles. The number of primary sulfonamides is 1. The molecule has 2 rings (SSSR count). The Hall–Kier alpha value is -1.51. The smallest absolute Gasteiger partial charge is 0.253 e. The Morgan fingerprint density at radius 1 is 1.35 bits per heavy atom. The van der Waals surface area contributed by atoms with E-state index in [4.69, 9.17) is 9.88 Å². The molecule has 1 atom stereocenters. The van der Waals surface area contributed by atoms with Crippen LogP contribution in [0.5, 0.6) is 0 Å². The quantitative estimate of drug-likeness (QED) is 0.869. The fraction of sp³-hybridized carbons (Fsp3) is 0.417. The maximum Gasteiger partial charge on any atom is 0.253 e. The van der Waals surface area contributed by atoms with Gasteiger partial charge in [0.1, 0.15) is 11.9 Å². The SMILES string of the molecule is NS(=O)(=O)c1cc(F)cc(NC(=O)C2CCCCO2)c1. The van der Waals surface area contributed by atoms with Gasteiger partial charge in [-0.25, -0.2) is 17.9 Å². The third kappa shape index (κ3) is 3.75. The van der Waals surface area contributed by atoms with E-state index in [0.717, 1.165) is 31.0 Å². The maximum absolute atomic E-state index is 13.3. The van der Waals surface area contributed by atoms with Gasteiger partial charge < -0.3 is 10.1 Å². The van der Waals surface area contributed by atoms with E-state index < -0.39 is 32.7 Å². The molecule has 3 N–H and O–H groups in total. The number of hydrogen-bond acceptors (Lipinski definition) is 4. The normalized spacial score (nSPS) is 19.6. The van der Waals surface area contributed by atoms with E-state index >= 15 is 0 Å². The summed E-state index contributed by atoms with van der Waals surface area (Å²) in [5, 5.41) is 7.38. The van der Waals surface area contributed by atoms with Crippen LogP contribution in [0, 0.1) is 5.82 Å². The number of hydrogen-bond donors (Lipinski definition) is 2. The van der Waals surface area contributed by atoms with Crippen molar-refractivity contribution in [2.45, 2.75) is 30.3 Å². The summed E-state index contributed by atoms with van der Waals surface area (Å²) in [6, 6.07) is 2.93. The summed E-state index contributed by atoms with van der Waals surface area (Å²) < 4.78 is 41.0. The number of nitrogens with one attached hydrogen (secondary N) is 1. The lowest BCUT2D eigenvalue weighted by Crippen LogP contribution is -2.33. The van der Waals surface area contributed by atoms with Gasteiger partial charge in [0.05, 0.1) is 4.90 Å². The lowest BCUT2D eigenvalue weighted by molar-refractivity contribution is -0.129. The lowest BCUT2D eigenvalue weighted by Gasteiger charge is -2.21. The number of amides is 1. The number of carbonyl (C=O) groups excluding carboxylic acids is 1. The van der Waals surface area contributed by atoms with Gasteiger partial charge in [-0.3, -0.25) is 4.79 Å². The number of sulfonamides is 1. The van der Waals surface area contributed by atoms with Crippen molar-refractivity contribution < 1.29 is 22.3 Å². The Kier molecular flexibility index (Phi) is 4.36. The van der Waals surface area contributed by atoms with E-state index in [1.165, 1.54) is 0 Å². The summed E-state index contributed by atoms with van der Waals surface area (Å²) in [6.07, 6.45) is 1.77. The topological polar surface area (TPSA) is 98.5 Å². The van der Waals surface area contributed by atoms with Gasteiger partial charge in [0.25, 0.3) is 5.91 Å². The molecule has 1 heterocycles. The van der Waals surface area contributed by atoms with Crippen LogP contribution in [0.4, 0.5) is 10.1 Å². The molecule has 0 bridgehead atoms. The monoisotopic (exact) mass is 302 g/mol. The van der Waals surface area contributed by atoms with Gasteiger partial charge in [0.15, 0.2) is 0 Å². The first kappa shape index (κ1) is 14.9. The van der Waals surface area contributed by atoms with Gasteiger partial charge in [-0.05, 0) is 37.5 Å². The van der Waals surface area contributed by atoms with Crippen LogP contribution < -0.4 is 10.5 Å². The summed E-state index contributed by atoms with van der Waals surface area (Å²) in [7, 11) is -4.03. The Bertz CT molecular complexity index is 612. The minimum Gasteiger partial charge on any atom is -0.368 e. The number of nitrogens with two attached hydrogens (primary N) is 1. The Morgan fingerprint density at radius 3 is 2.70 bits per heavy atom. The van der Waals surface area contributed by atoms with Crippen molar-refractivity contribution in [2.24, 2.45) is 5.14 Å². The van der Waals surface area contributed by atoms with Crippen molar-refractivity contribution >= 4 is 21.6 Å². The van der Waals surface area contributed by atoms with Gasteiger partial charge in [-0.15, -0.1) is 0 Å². The maximum atomic E-state index is 13.3. The van der Waals surface area contributed by atoms with E-state index in [0.29, 0.717) is 13.0 Å². The van der Waals surface area contributed by atoms with Crippen molar-refractivity contribution in [3.8, 4) is 0 Å². The predicted molar refractivity (Wildman–Crippen MR) is 70.0 cm³/mol. The highest BCUT2D eigenvalue weighted by Crippen LogP contribution is 2.19. The van der Waals surface area contributed by atoms with Gasteiger partial charge in [-0.1, -0.05) is 0 Å². The number of carbonyl (C=O) groups is 1. The van der Waals surface area contributed by atoms with Crippen LogP contribution in [0.25, 0.3) is 0 Å². The molecule has 1 unspecified atom stereocenters. The molecule has 0 spiro atoms. The van der Waals surface area contributed by atoms with Crippen LogP contribution in [0.3, 0.4) is 0 Å². The minimum atomic E-state index is -4.03. The van der Waals surface area contributed by atoms with Gasteiger partial charge in [0.2, 0.25) is 10.0 Å². The molecule has 8 heteroatoms. The second kappa shape index (κ2) is 5.86. The van der Waals surface area contributed by atoms with E-state index in [-0.39, 0.29) is 5.69 Å². The molecule has 0 aliphatic carbocycles. The summed E-state index contributed by atoms with van der Waals surface area (Å²) in [4.78, 5) is 11.5. The number of anilines is 1. The van der Waals surface area contributed by atoms with Crippen LogP contribution in [-0.2, 0) is 19.6 Å². The zero-order chi connectivity index (χ0) is 14.8. The molecule has 6 nitrogen and oxygen atoms in total. The largest absolute Gasteiger partial charge is 0.368 e. The molecule has 20 heavy (non-hydrogen) atoms. The van der Waals surface area contributed by atoms with Crippen LogP contribution in [0.1, 0.15) is 19.3 Å². The molecular formula is C12H15FN2O4S. The Balaban J connectivity index is 2.16. The van der Waals surface area contributed by atoms with E-state index in [1.54, 1.807) is 0 Å². The molecule has 1 amide bonds. The van der Waals surface area contributed by atoms with Crippen molar-refractivity contribution in [2.75, 3.05) is 11.9 Å². The molecular weight excluding hydrogens is 287 g/mol. The first-order valence-electron chi connectivity index (χ1n) is 6.12. The van der Waals surface area contributed by atoms with Crippen molar-refractivity contribution in [3.63, 3.8) is 0 Å². The molecule has 0 radical (unpaired) electrons. The molecule has 1 saturated heterocycles. The summed E-state index contributed by atoms with van der Waals surface area (Å²) in [5.74, 6) is -1.22. The predicted octanol–water partition coefficient (Wildman–Crippen LogP) is 0.981. The van der Waals surface area contributed by atoms with Gasteiger partial charge >= 0.3 is 0 Å². The second-order valence-electron chi connectivity index (χ2n) is 4.57. The molecule has 1 aromatic rings. The van der Waals surface area contributed by atoms with Crippen molar-refractivity contribution in [3.05, 3.63) is 24.0 Å². The minimum absolute atomic E-state index is 0.0354. The highest BCUT2D eigenvalue weighted by atomic mass is 32.2. The zero-order valence-electron chi connectivity index (χ0n) is 10.6. The molecule has 0 aromatic heterocycles. The number of benzene rings is 1. The summed E-state index contributed by atoms with van der Waals surface area (Å²) >= 11 is 0. The van der Waals surface area contributed by atoms with Crippen molar-refractivity contribution in [1.82, 2.24) is 0 Å². The number of halogens is 1. The second-order valence-corrected chi connectivity index (χ2v) is 6.13. The molecule has 1 aromatic carbocycles. The summed E-state index contributed by atoms with van der Waals surface area (Å²) in [6.45, 7) is 0.504. The average molecular weight is 302 g/mol. The van der Waals surface area contributed by atoms with E-state index in [2.05, 4.69) is 5.32 Å². The van der Waals surface area contributed by atoms with Crippen LogP contribution in [-0.4, -0.2) is 27.0 Å². The fourth-order valence-corrected chi connectivity index (χ4v) is 2.54. The highest BCUT2D eigenvalue weighted by Gasteiger charge is 2.22. The third-order valence-electron chi connectivity index (χ3n) is 2.94. The Labute approximate surface area is 116 Å². The van der Waals surface area contributed by atoms with Crippen LogP contribution in [0.2, 0.25) is 0 Å². The van der Waals surface area contributed by atoms with Crippen LogP contribution >= 0.6 is 0 Å². The lowest BCUT2D eigenvalue weighted by atomic mass is 10.1. The van der Waals surface area contributed by atoms with E-state index in [9.17, 15) is 17.6 Å². The fourth-order valence-electron chi connectivity index (χ4n) is 1.97. The average Bonchev–Trinajstić information content (AvgIpc) is 2.38. The summed E-state index contributed by atoms with van der Waals surface area (Å²) in [5.41, 5.74) is 0.0354. The molecule has 110 valence electrons. The van der Waals surface area contributed by atoms with Crippen molar-refractivity contribution in [1.29, 1.82) is 0 Å². The molecule has 1 fully saturated rings. The molecule has 1 aliphatic heterocycles. The Morgan fingerprint density at radius 2 is 2.10 bits per heavy atom. The number of rotatable bonds is 3. The third-order valence-corrected chi connectivity index (χ3v) is 3.83.